The highest BCUT2D eigenvalue weighted by Gasteiger charge is 2.12. The lowest BCUT2D eigenvalue weighted by Gasteiger charge is -2.28. The fraction of sp³-hybridized carbons (Fsp3) is 0.400. The summed E-state index contributed by atoms with van der Waals surface area (Å²) in [5, 5.41) is 10.8. The molecule has 0 bridgehead atoms. The number of hydrogen-bond acceptors (Lipinski definition) is 3. The third-order valence-electron chi connectivity index (χ3n) is 1.86. The van der Waals surface area contributed by atoms with Crippen molar-refractivity contribution in [3.63, 3.8) is 0 Å². The van der Waals surface area contributed by atoms with Crippen molar-refractivity contribution in [1.82, 2.24) is 4.98 Å². The number of carbonyl (C=O) groups excluding carboxylic acids is 1. The van der Waals surface area contributed by atoms with E-state index < -0.39 is 6.09 Å². The number of aryl methyl sites for hydroxylation is 1. The number of rotatable bonds is 2. The Hall–Kier alpha value is -1.58. The standard InChI is InChI=1S/C10H14N2O2/c1-7(2)12(10(13)14)9-6-8(3)4-5-11-9/h4-7H,1-3H3,(H,13,14)/p-1. The van der Waals surface area contributed by atoms with Crippen LogP contribution in [0.25, 0.3) is 0 Å². The van der Waals surface area contributed by atoms with Gasteiger partial charge in [-0.2, -0.15) is 0 Å². The molecular formula is C10H13N2O2-. The fourth-order valence-corrected chi connectivity index (χ4v) is 1.22. The third-order valence-corrected chi connectivity index (χ3v) is 1.86. The van der Waals surface area contributed by atoms with Crippen LogP contribution in [0.1, 0.15) is 19.4 Å². The second-order valence-electron chi connectivity index (χ2n) is 3.42. The van der Waals surface area contributed by atoms with Crippen LogP contribution >= 0.6 is 0 Å². The highest BCUT2D eigenvalue weighted by molar-refractivity contribution is 5.83. The summed E-state index contributed by atoms with van der Waals surface area (Å²) >= 11 is 0. The fourth-order valence-electron chi connectivity index (χ4n) is 1.22. The summed E-state index contributed by atoms with van der Waals surface area (Å²) < 4.78 is 0. The number of carbonyl (C=O) groups is 1. The van der Waals surface area contributed by atoms with E-state index in [1.807, 2.05) is 13.0 Å². The van der Waals surface area contributed by atoms with E-state index in [4.69, 9.17) is 0 Å². The van der Waals surface area contributed by atoms with Crippen LogP contribution in [-0.4, -0.2) is 17.1 Å². The molecule has 4 nitrogen and oxygen atoms in total. The van der Waals surface area contributed by atoms with Crippen molar-refractivity contribution in [2.24, 2.45) is 0 Å². The highest BCUT2D eigenvalue weighted by Crippen LogP contribution is 2.14. The van der Waals surface area contributed by atoms with Gasteiger partial charge < -0.3 is 14.8 Å². The van der Waals surface area contributed by atoms with Gasteiger partial charge in [0, 0.05) is 12.2 Å². The molecule has 4 heteroatoms. The summed E-state index contributed by atoms with van der Waals surface area (Å²) in [5.74, 6) is 0.417. The van der Waals surface area contributed by atoms with Gasteiger partial charge in [-0.3, -0.25) is 0 Å². The highest BCUT2D eigenvalue weighted by atomic mass is 16.4. The number of anilines is 1. The molecule has 0 aliphatic carbocycles. The van der Waals surface area contributed by atoms with Crippen LogP contribution < -0.4 is 10.0 Å². The average molecular weight is 193 g/mol. The summed E-state index contributed by atoms with van der Waals surface area (Å²) in [4.78, 5) is 15.9. The monoisotopic (exact) mass is 193 g/mol. The molecule has 0 radical (unpaired) electrons. The Bertz CT molecular complexity index is 337. The normalized spacial score (nSPS) is 10.3. The van der Waals surface area contributed by atoms with Gasteiger partial charge >= 0.3 is 0 Å². The van der Waals surface area contributed by atoms with Gasteiger partial charge in [0.25, 0.3) is 0 Å². The molecule has 0 saturated carbocycles. The van der Waals surface area contributed by atoms with E-state index in [9.17, 15) is 9.90 Å². The van der Waals surface area contributed by atoms with Crippen molar-refractivity contribution in [1.29, 1.82) is 0 Å². The Morgan fingerprint density at radius 2 is 2.21 bits per heavy atom. The first-order valence-corrected chi connectivity index (χ1v) is 4.45. The molecule has 0 aliphatic rings. The van der Waals surface area contributed by atoms with Crippen LogP contribution in [0.2, 0.25) is 0 Å². The molecule has 0 atom stereocenters. The summed E-state index contributed by atoms with van der Waals surface area (Å²) in [6.07, 6.45) is 0.362. The molecule has 0 saturated heterocycles. The molecule has 1 aromatic rings. The minimum Gasteiger partial charge on any atom is -0.530 e. The Morgan fingerprint density at radius 3 is 2.64 bits per heavy atom. The lowest BCUT2D eigenvalue weighted by atomic mass is 10.2. The summed E-state index contributed by atoms with van der Waals surface area (Å²) in [7, 11) is 0. The number of pyridine rings is 1. The van der Waals surface area contributed by atoms with Crippen molar-refractivity contribution >= 4 is 11.9 Å². The van der Waals surface area contributed by atoms with Crippen LogP contribution in [0, 0.1) is 6.92 Å². The van der Waals surface area contributed by atoms with E-state index in [1.165, 1.54) is 0 Å². The molecule has 0 fully saturated rings. The number of hydrogen-bond donors (Lipinski definition) is 0. The zero-order valence-electron chi connectivity index (χ0n) is 8.52. The average Bonchev–Trinajstić information content (AvgIpc) is 2.02. The topological polar surface area (TPSA) is 56.3 Å². The second kappa shape index (κ2) is 4.09. The lowest BCUT2D eigenvalue weighted by Crippen LogP contribution is -2.45. The quantitative estimate of drug-likeness (QED) is 0.702. The Morgan fingerprint density at radius 1 is 1.57 bits per heavy atom. The number of nitrogens with zero attached hydrogens (tertiary/aromatic N) is 2. The van der Waals surface area contributed by atoms with Gasteiger partial charge in [-0.15, -0.1) is 0 Å². The van der Waals surface area contributed by atoms with Crippen LogP contribution in [-0.2, 0) is 0 Å². The van der Waals surface area contributed by atoms with E-state index in [0.717, 1.165) is 10.5 Å². The van der Waals surface area contributed by atoms with E-state index in [2.05, 4.69) is 4.98 Å². The largest absolute Gasteiger partial charge is 0.530 e. The van der Waals surface area contributed by atoms with Crippen molar-refractivity contribution in [2.75, 3.05) is 4.90 Å². The van der Waals surface area contributed by atoms with Crippen LogP contribution in [0.4, 0.5) is 10.6 Å². The first-order valence-electron chi connectivity index (χ1n) is 4.45. The molecule has 14 heavy (non-hydrogen) atoms. The first-order chi connectivity index (χ1) is 6.52. The van der Waals surface area contributed by atoms with Gasteiger partial charge in [0.2, 0.25) is 0 Å². The van der Waals surface area contributed by atoms with E-state index in [-0.39, 0.29) is 6.04 Å². The van der Waals surface area contributed by atoms with Crippen molar-refractivity contribution in [3.05, 3.63) is 23.9 Å². The predicted molar refractivity (Wildman–Crippen MR) is 52.0 cm³/mol. The minimum absolute atomic E-state index is 0.172. The van der Waals surface area contributed by atoms with Gasteiger partial charge in [-0.05, 0) is 38.5 Å². The number of aromatic nitrogens is 1. The van der Waals surface area contributed by atoms with Gasteiger partial charge in [0.15, 0.2) is 0 Å². The first kappa shape index (κ1) is 10.5. The summed E-state index contributed by atoms with van der Waals surface area (Å²) in [6, 6.07) is 3.36. The molecule has 0 N–H and O–H groups in total. The second-order valence-corrected chi connectivity index (χ2v) is 3.42. The maximum Gasteiger partial charge on any atom is 0.143 e. The van der Waals surface area contributed by atoms with E-state index >= 15 is 0 Å². The van der Waals surface area contributed by atoms with Crippen LogP contribution in [0.3, 0.4) is 0 Å². The molecule has 1 rings (SSSR count). The summed E-state index contributed by atoms with van der Waals surface area (Å²) in [6.45, 7) is 5.44. The molecule has 0 aromatic carbocycles. The number of amides is 1. The molecule has 1 heterocycles. The van der Waals surface area contributed by atoms with E-state index in [0.29, 0.717) is 5.82 Å². The van der Waals surface area contributed by atoms with Crippen molar-refractivity contribution in [2.45, 2.75) is 26.8 Å². The SMILES string of the molecule is Cc1ccnc(N(C(=O)[O-])C(C)C)c1. The Balaban J connectivity index is 3.05. The molecule has 0 unspecified atom stereocenters. The van der Waals surface area contributed by atoms with Crippen LogP contribution in [0.15, 0.2) is 18.3 Å². The maximum atomic E-state index is 10.8. The summed E-state index contributed by atoms with van der Waals surface area (Å²) in [5.41, 5.74) is 0.974. The van der Waals surface area contributed by atoms with Crippen molar-refractivity contribution < 1.29 is 9.90 Å². The molecule has 0 spiro atoms. The van der Waals surface area contributed by atoms with E-state index in [1.54, 1.807) is 26.1 Å². The minimum atomic E-state index is -1.22. The third kappa shape index (κ3) is 2.22. The maximum absolute atomic E-state index is 10.8. The van der Waals surface area contributed by atoms with Crippen molar-refractivity contribution in [3.8, 4) is 0 Å². The molecule has 1 amide bonds. The molecule has 76 valence electrons. The molecule has 0 aliphatic heterocycles. The Kier molecular flexibility index (Phi) is 3.06. The predicted octanol–water partition coefficient (Wildman–Crippen LogP) is 0.948. The van der Waals surface area contributed by atoms with Crippen LogP contribution in [0.5, 0.6) is 0 Å². The lowest BCUT2D eigenvalue weighted by molar-refractivity contribution is -0.247. The zero-order chi connectivity index (χ0) is 10.7. The molecular weight excluding hydrogens is 180 g/mol. The smallest absolute Gasteiger partial charge is 0.143 e. The van der Waals surface area contributed by atoms with Gasteiger partial charge in [-0.25, -0.2) is 4.98 Å². The molecule has 1 aromatic heterocycles. The van der Waals surface area contributed by atoms with Gasteiger partial charge in [0.1, 0.15) is 11.9 Å². The van der Waals surface area contributed by atoms with Gasteiger partial charge in [-0.1, -0.05) is 0 Å². The van der Waals surface area contributed by atoms with Gasteiger partial charge in [0.05, 0.1) is 0 Å². The zero-order valence-corrected chi connectivity index (χ0v) is 8.52. The Labute approximate surface area is 83.2 Å². The number of carboxylic acid groups (broad SMARTS) is 1.